The van der Waals surface area contributed by atoms with Gasteiger partial charge < -0.3 is 11.1 Å². The van der Waals surface area contributed by atoms with Crippen LogP contribution in [-0.2, 0) is 4.79 Å². The van der Waals surface area contributed by atoms with Crippen LogP contribution in [0, 0.1) is 0 Å². The number of thioether (sulfide) groups is 1. The molecule has 0 aliphatic carbocycles. The molecule has 0 aliphatic rings. The molecule has 0 radical (unpaired) electrons. The molecule has 1 amide bonds. The van der Waals surface area contributed by atoms with E-state index >= 15 is 0 Å². The lowest BCUT2D eigenvalue weighted by Crippen LogP contribution is -2.42. The topological polar surface area (TPSA) is 85.8 Å². The summed E-state index contributed by atoms with van der Waals surface area (Å²) < 4.78 is 1.69. The first-order chi connectivity index (χ1) is 10.6. The van der Waals surface area contributed by atoms with Crippen LogP contribution in [0.25, 0.3) is 5.69 Å². The number of nitrogens with zero attached hydrogens (tertiary/aromatic N) is 3. The second-order valence-corrected chi connectivity index (χ2v) is 6.03. The van der Waals surface area contributed by atoms with Gasteiger partial charge in [0.05, 0.1) is 24.0 Å². The molecule has 3 N–H and O–H groups in total. The van der Waals surface area contributed by atoms with Crippen LogP contribution in [0.2, 0.25) is 0 Å². The Morgan fingerprint density at radius 1 is 1.41 bits per heavy atom. The van der Waals surface area contributed by atoms with E-state index in [-0.39, 0.29) is 11.9 Å². The Morgan fingerprint density at radius 2 is 2.14 bits per heavy atom. The summed E-state index contributed by atoms with van der Waals surface area (Å²) in [5.41, 5.74) is 7.49. The van der Waals surface area contributed by atoms with Crippen LogP contribution in [0.5, 0.6) is 0 Å². The van der Waals surface area contributed by atoms with Gasteiger partial charge in [-0.05, 0) is 37.5 Å². The van der Waals surface area contributed by atoms with Crippen LogP contribution in [0.4, 0.5) is 0 Å². The van der Waals surface area contributed by atoms with Crippen molar-refractivity contribution in [2.24, 2.45) is 5.73 Å². The Morgan fingerprint density at radius 3 is 2.82 bits per heavy atom. The summed E-state index contributed by atoms with van der Waals surface area (Å²) in [4.78, 5) is 12.0. The third kappa shape index (κ3) is 4.32. The van der Waals surface area contributed by atoms with Gasteiger partial charge in [-0.15, -0.1) is 5.10 Å². The third-order valence-electron chi connectivity index (χ3n) is 3.30. The normalized spacial score (nSPS) is 13.6. The van der Waals surface area contributed by atoms with Crippen molar-refractivity contribution >= 4 is 17.7 Å². The van der Waals surface area contributed by atoms with Gasteiger partial charge in [-0.1, -0.05) is 23.4 Å². The second kappa shape index (κ2) is 7.95. The number of aromatic nitrogens is 3. The average Bonchev–Trinajstić information content (AvgIpc) is 3.03. The molecule has 0 aliphatic heterocycles. The van der Waals surface area contributed by atoms with E-state index in [0.717, 1.165) is 11.4 Å². The summed E-state index contributed by atoms with van der Waals surface area (Å²) in [5.74, 6) is 0.712. The van der Waals surface area contributed by atoms with Gasteiger partial charge in [-0.25, -0.2) is 4.68 Å². The Bertz CT molecular complexity index is 601. The summed E-state index contributed by atoms with van der Waals surface area (Å²) in [6.45, 7) is 1.87. The molecule has 0 spiro atoms. The second-order valence-electron chi connectivity index (χ2n) is 5.04. The number of hydrogen-bond donors (Lipinski definition) is 2. The monoisotopic (exact) mass is 319 g/mol. The van der Waals surface area contributed by atoms with E-state index in [2.05, 4.69) is 15.6 Å². The van der Waals surface area contributed by atoms with Crippen LogP contribution < -0.4 is 11.1 Å². The van der Waals surface area contributed by atoms with Crippen LogP contribution in [0.3, 0.4) is 0 Å². The van der Waals surface area contributed by atoms with E-state index in [9.17, 15) is 4.79 Å². The van der Waals surface area contributed by atoms with Crippen LogP contribution in [-0.4, -0.2) is 39.0 Å². The van der Waals surface area contributed by atoms with Crippen LogP contribution >= 0.6 is 11.8 Å². The SMILES string of the molecule is CSCC[C@H](N)C(=O)NC(C)c1cn(-c2ccccc2)nn1. The van der Waals surface area contributed by atoms with Gasteiger partial charge in [0.1, 0.15) is 5.69 Å². The summed E-state index contributed by atoms with van der Waals surface area (Å²) >= 11 is 1.68. The molecule has 1 aromatic heterocycles. The summed E-state index contributed by atoms with van der Waals surface area (Å²) in [5, 5.41) is 11.1. The predicted octanol–water partition coefficient (Wildman–Crippen LogP) is 1.52. The van der Waals surface area contributed by atoms with E-state index in [4.69, 9.17) is 5.73 Å². The first kappa shape index (κ1) is 16.5. The number of amides is 1. The minimum atomic E-state index is -0.487. The number of nitrogens with one attached hydrogen (secondary N) is 1. The number of benzene rings is 1. The van der Waals surface area contributed by atoms with E-state index < -0.39 is 6.04 Å². The standard InChI is InChI=1S/C15H21N5OS/c1-11(17-15(21)13(16)8-9-22-2)14-10-20(19-18-14)12-6-4-3-5-7-12/h3-7,10-11,13H,8-9,16H2,1-2H3,(H,17,21)/t11?,13-/m0/s1. The molecule has 0 fully saturated rings. The van der Waals surface area contributed by atoms with Crippen molar-refractivity contribution in [1.29, 1.82) is 0 Å². The first-order valence-corrected chi connectivity index (χ1v) is 8.53. The number of hydrogen-bond acceptors (Lipinski definition) is 5. The van der Waals surface area contributed by atoms with Crippen molar-refractivity contribution in [3.63, 3.8) is 0 Å². The fourth-order valence-electron chi connectivity index (χ4n) is 1.95. The minimum Gasteiger partial charge on any atom is -0.347 e. The molecule has 2 rings (SSSR count). The molecule has 1 heterocycles. The Balaban J connectivity index is 1.97. The molecule has 1 unspecified atom stereocenters. The van der Waals surface area contributed by atoms with E-state index in [0.29, 0.717) is 12.1 Å². The minimum absolute atomic E-state index is 0.157. The maximum Gasteiger partial charge on any atom is 0.237 e. The number of para-hydroxylation sites is 1. The van der Waals surface area contributed by atoms with Crippen molar-refractivity contribution in [2.45, 2.75) is 25.4 Å². The molecular weight excluding hydrogens is 298 g/mol. The maximum absolute atomic E-state index is 12.0. The lowest BCUT2D eigenvalue weighted by molar-refractivity contribution is -0.123. The quantitative estimate of drug-likeness (QED) is 0.808. The fourth-order valence-corrected chi connectivity index (χ4v) is 2.44. The Labute approximate surface area is 134 Å². The molecule has 22 heavy (non-hydrogen) atoms. The van der Waals surface area contributed by atoms with Gasteiger partial charge >= 0.3 is 0 Å². The smallest absolute Gasteiger partial charge is 0.237 e. The maximum atomic E-state index is 12.0. The number of carbonyl (C=O) groups is 1. The molecule has 118 valence electrons. The van der Waals surface area contributed by atoms with Gasteiger partial charge in [0.2, 0.25) is 5.91 Å². The van der Waals surface area contributed by atoms with Crippen LogP contribution in [0.15, 0.2) is 36.5 Å². The van der Waals surface area contributed by atoms with Crippen molar-refractivity contribution in [2.75, 3.05) is 12.0 Å². The van der Waals surface area contributed by atoms with E-state index in [1.165, 1.54) is 0 Å². The van der Waals surface area contributed by atoms with Gasteiger partial charge in [0, 0.05) is 0 Å². The molecule has 6 nitrogen and oxygen atoms in total. The zero-order valence-corrected chi connectivity index (χ0v) is 13.6. The lowest BCUT2D eigenvalue weighted by Gasteiger charge is -2.15. The zero-order valence-electron chi connectivity index (χ0n) is 12.8. The molecule has 0 bridgehead atoms. The molecule has 2 atom stereocenters. The van der Waals surface area contributed by atoms with Crippen LogP contribution in [0.1, 0.15) is 25.1 Å². The molecule has 1 aromatic carbocycles. The highest BCUT2D eigenvalue weighted by Crippen LogP contribution is 2.12. The zero-order chi connectivity index (χ0) is 15.9. The van der Waals surface area contributed by atoms with Gasteiger partial charge in [0.25, 0.3) is 0 Å². The Kier molecular flexibility index (Phi) is 5.97. The number of nitrogens with two attached hydrogens (primary N) is 1. The van der Waals surface area contributed by atoms with Crippen molar-refractivity contribution in [3.8, 4) is 5.69 Å². The highest BCUT2D eigenvalue weighted by atomic mass is 32.2. The summed E-state index contributed by atoms with van der Waals surface area (Å²) in [6.07, 6.45) is 4.47. The molecule has 2 aromatic rings. The van der Waals surface area contributed by atoms with Crippen molar-refractivity contribution in [3.05, 3.63) is 42.2 Å². The molecular formula is C15H21N5OS. The third-order valence-corrected chi connectivity index (χ3v) is 3.95. The number of rotatable bonds is 7. The van der Waals surface area contributed by atoms with E-state index in [1.807, 2.05) is 49.7 Å². The summed E-state index contributed by atoms with van der Waals surface area (Å²) in [6, 6.07) is 8.99. The van der Waals surface area contributed by atoms with Crippen molar-refractivity contribution < 1.29 is 4.79 Å². The summed E-state index contributed by atoms with van der Waals surface area (Å²) in [7, 11) is 0. The average molecular weight is 319 g/mol. The lowest BCUT2D eigenvalue weighted by atomic mass is 10.2. The predicted molar refractivity (Wildman–Crippen MR) is 88.9 cm³/mol. The van der Waals surface area contributed by atoms with Gasteiger partial charge in [-0.2, -0.15) is 11.8 Å². The molecule has 0 saturated heterocycles. The largest absolute Gasteiger partial charge is 0.347 e. The van der Waals surface area contributed by atoms with E-state index in [1.54, 1.807) is 16.4 Å². The van der Waals surface area contributed by atoms with Gasteiger partial charge in [-0.3, -0.25) is 4.79 Å². The Hall–Kier alpha value is -1.86. The number of carbonyl (C=O) groups excluding carboxylic acids is 1. The molecule has 0 saturated carbocycles. The first-order valence-electron chi connectivity index (χ1n) is 7.14. The fraction of sp³-hybridized carbons (Fsp3) is 0.400. The van der Waals surface area contributed by atoms with Gasteiger partial charge in [0.15, 0.2) is 0 Å². The van der Waals surface area contributed by atoms with Crippen molar-refractivity contribution in [1.82, 2.24) is 20.3 Å². The molecule has 7 heteroatoms. The highest BCUT2D eigenvalue weighted by molar-refractivity contribution is 7.98. The highest BCUT2D eigenvalue weighted by Gasteiger charge is 2.18.